The van der Waals surface area contributed by atoms with Gasteiger partial charge in [-0.2, -0.15) is 8.42 Å². The number of hydrogen-bond acceptors (Lipinski definition) is 4. The Balaban J connectivity index is 0.000000232. The van der Waals surface area contributed by atoms with Crippen molar-refractivity contribution in [3.63, 3.8) is 0 Å². The van der Waals surface area contributed by atoms with Gasteiger partial charge in [0.15, 0.2) is 0 Å². The first kappa shape index (κ1) is 15.1. The zero-order valence-corrected chi connectivity index (χ0v) is 11.8. The maximum Gasteiger partial charge on any atom is 0.264 e. The summed E-state index contributed by atoms with van der Waals surface area (Å²) in [6.45, 7) is 2.11. The summed E-state index contributed by atoms with van der Waals surface area (Å²) in [5.74, 6) is -0.201. The summed E-state index contributed by atoms with van der Waals surface area (Å²) in [5.41, 5.74) is 5.49. The van der Waals surface area contributed by atoms with Crippen molar-refractivity contribution in [2.45, 2.75) is 13.3 Å². The highest BCUT2D eigenvalue weighted by atomic mass is 32.2. The van der Waals surface area contributed by atoms with Gasteiger partial charge in [-0.05, 0) is 37.4 Å². The lowest BCUT2D eigenvalue weighted by Crippen LogP contribution is -2.00. The summed E-state index contributed by atoms with van der Waals surface area (Å²) in [6, 6.07) is 10.7. The zero-order valence-electron chi connectivity index (χ0n) is 10.2. The Labute approximate surface area is 111 Å². The predicted molar refractivity (Wildman–Crippen MR) is 76.7 cm³/mol. The van der Waals surface area contributed by atoms with Crippen molar-refractivity contribution in [3.8, 4) is 0 Å². The average molecular weight is 287 g/mol. The van der Waals surface area contributed by atoms with Gasteiger partial charge in [0, 0.05) is 9.58 Å². The SMILES string of the molecule is CCS(=O)(=O)O.NCCc1cc2ccccc2s1. The molecule has 0 aliphatic rings. The van der Waals surface area contributed by atoms with Crippen LogP contribution in [0.15, 0.2) is 30.3 Å². The molecule has 4 nitrogen and oxygen atoms in total. The van der Waals surface area contributed by atoms with Crippen LogP contribution < -0.4 is 5.73 Å². The lowest BCUT2D eigenvalue weighted by Gasteiger charge is -1.86. The molecule has 0 unspecified atom stereocenters. The number of fused-ring (bicyclic) bond motifs is 1. The molecule has 0 aliphatic heterocycles. The minimum Gasteiger partial charge on any atom is -0.330 e. The molecule has 0 fully saturated rings. The molecular formula is C12H17NO3S2. The van der Waals surface area contributed by atoms with Gasteiger partial charge in [-0.15, -0.1) is 11.3 Å². The Hall–Kier alpha value is -0.950. The minimum atomic E-state index is -3.66. The summed E-state index contributed by atoms with van der Waals surface area (Å²) in [7, 11) is -3.66. The van der Waals surface area contributed by atoms with Crippen LogP contribution in [0.1, 0.15) is 11.8 Å². The second-order valence-electron chi connectivity index (χ2n) is 3.66. The number of nitrogens with two attached hydrogens (primary N) is 1. The third kappa shape index (κ3) is 5.14. The van der Waals surface area contributed by atoms with Gasteiger partial charge < -0.3 is 5.73 Å². The Bertz CT molecular complexity index is 557. The predicted octanol–water partition coefficient (Wildman–Crippen LogP) is 2.30. The monoisotopic (exact) mass is 287 g/mol. The van der Waals surface area contributed by atoms with Gasteiger partial charge in [0.05, 0.1) is 5.75 Å². The molecule has 1 aromatic carbocycles. The van der Waals surface area contributed by atoms with E-state index in [1.165, 1.54) is 21.9 Å². The van der Waals surface area contributed by atoms with E-state index < -0.39 is 10.1 Å². The van der Waals surface area contributed by atoms with Crippen molar-refractivity contribution >= 4 is 31.5 Å². The quantitative estimate of drug-likeness (QED) is 0.849. The molecule has 0 radical (unpaired) electrons. The van der Waals surface area contributed by atoms with E-state index in [1.807, 2.05) is 11.3 Å². The lowest BCUT2D eigenvalue weighted by molar-refractivity contribution is 0.484. The maximum atomic E-state index is 9.56. The molecular weight excluding hydrogens is 270 g/mol. The highest BCUT2D eigenvalue weighted by molar-refractivity contribution is 7.85. The van der Waals surface area contributed by atoms with Crippen molar-refractivity contribution in [1.29, 1.82) is 0 Å². The fourth-order valence-electron chi connectivity index (χ4n) is 1.30. The largest absolute Gasteiger partial charge is 0.330 e. The molecule has 0 bridgehead atoms. The first-order valence-electron chi connectivity index (χ1n) is 5.59. The van der Waals surface area contributed by atoms with E-state index in [4.69, 9.17) is 10.3 Å². The third-order valence-corrected chi connectivity index (χ3v) is 4.14. The van der Waals surface area contributed by atoms with E-state index in [0.717, 1.165) is 13.0 Å². The van der Waals surface area contributed by atoms with E-state index in [0.29, 0.717) is 0 Å². The van der Waals surface area contributed by atoms with E-state index >= 15 is 0 Å². The first-order valence-corrected chi connectivity index (χ1v) is 8.01. The Morgan fingerprint density at radius 1 is 1.33 bits per heavy atom. The van der Waals surface area contributed by atoms with Crippen molar-refractivity contribution in [1.82, 2.24) is 0 Å². The Morgan fingerprint density at radius 2 is 1.94 bits per heavy atom. The van der Waals surface area contributed by atoms with Gasteiger partial charge in [0.2, 0.25) is 0 Å². The van der Waals surface area contributed by atoms with Crippen LogP contribution >= 0.6 is 11.3 Å². The summed E-state index contributed by atoms with van der Waals surface area (Å²) in [6.07, 6.45) is 0.999. The van der Waals surface area contributed by atoms with Gasteiger partial charge in [0.1, 0.15) is 0 Å². The molecule has 1 aromatic heterocycles. The first-order chi connectivity index (χ1) is 8.46. The van der Waals surface area contributed by atoms with Gasteiger partial charge >= 0.3 is 0 Å². The zero-order chi connectivity index (χ0) is 13.6. The molecule has 1 heterocycles. The second kappa shape index (κ2) is 6.84. The molecule has 0 saturated heterocycles. The van der Waals surface area contributed by atoms with E-state index in [-0.39, 0.29) is 5.75 Å². The Kier molecular flexibility index (Phi) is 5.74. The summed E-state index contributed by atoms with van der Waals surface area (Å²) in [5, 5.41) is 1.34. The molecule has 0 aliphatic carbocycles. The smallest absolute Gasteiger partial charge is 0.264 e. The van der Waals surface area contributed by atoms with E-state index in [9.17, 15) is 8.42 Å². The number of benzene rings is 1. The lowest BCUT2D eigenvalue weighted by atomic mass is 10.2. The van der Waals surface area contributed by atoms with Gasteiger partial charge in [-0.3, -0.25) is 4.55 Å². The van der Waals surface area contributed by atoms with Gasteiger partial charge in [-0.1, -0.05) is 18.2 Å². The molecule has 18 heavy (non-hydrogen) atoms. The van der Waals surface area contributed by atoms with Crippen molar-refractivity contribution in [2.24, 2.45) is 5.73 Å². The van der Waals surface area contributed by atoms with Crippen LogP contribution in [0.3, 0.4) is 0 Å². The Morgan fingerprint density at radius 3 is 2.44 bits per heavy atom. The highest BCUT2D eigenvalue weighted by Crippen LogP contribution is 2.25. The summed E-state index contributed by atoms with van der Waals surface area (Å²) >= 11 is 1.84. The van der Waals surface area contributed by atoms with Crippen LogP contribution in [0, 0.1) is 0 Å². The average Bonchev–Trinajstić information content (AvgIpc) is 2.71. The standard InChI is InChI=1S/C10H11NS.C2H6O3S/c11-6-5-9-7-8-3-1-2-4-10(8)12-9;1-2-6(3,4)5/h1-4,7H,5-6,11H2;2H2,1H3,(H,3,4,5). The fraction of sp³-hybridized carbons (Fsp3) is 0.333. The molecule has 0 atom stereocenters. The van der Waals surface area contributed by atoms with Gasteiger partial charge in [-0.25, -0.2) is 0 Å². The normalized spacial score (nSPS) is 11.1. The number of hydrogen-bond donors (Lipinski definition) is 2. The fourth-order valence-corrected chi connectivity index (χ4v) is 2.38. The van der Waals surface area contributed by atoms with Crippen molar-refractivity contribution in [2.75, 3.05) is 12.3 Å². The van der Waals surface area contributed by atoms with Crippen molar-refractivity contribution in [3.05, 3.63) is 35.2 Å². The van der Waals surface area contributed by atoms with Crippen LogP contribution in [0.5, 0.6) is 0 Å². The van der Waals surface area contributed by atoms with Crippen LogP contribution in [-0.4, -0.2) is 25.3 Å². The minimum absolute atomic E-state index is 0.201. The molecule has 6 heteroatoms. The number of thiophene rings is 1. The molecule has 0 saturated carbocycles. The number of rotatable bonds is 3. The maximum absolute atomic E-state index is 9.56. The van der Waals surface area contributed by atoms with Gasteiger partial charge in [0.25, 0.3) is 10.1 Å². The van der Waals surface area contributed by atoms with Crippen LogP contribution in [0.4, 0.5) is 0 Å². The van der Waals surface area contributed by atoms with Crippen LogP contribution in [-0.2, 0) is 16.5 Å². The van der Waals surface area contributed by atoms with Crippen molar-refractivity contribution < 1.29 is 13.0 Å². The molecule has 100 valence electrons. The second-order valence-corrected chi connectivity index (χ2v) is 6.57. The summed E-state index contributed by atoms with van der Waals surface area (Å²) < 4.78 is 28.3. The molecule has 2 aromatic rings. The molecule has 0 spiro atoms. The van der Waals surface area contributed by atoms with Crippen LogP contribution in [0.2, 0.25) is 0 Å². The molecule has 0 amide bonds. The molecule has 2 rings (SSSR count). The third-order valence-electron chi connectivity index (χ3n) is 2.23. The van der Waals surface area contributed by atoms with E-state index in [2.05, 4.69) is 30.3 Å². The highest BCUT2D eigenvalue weighted by Gasteiger charge is 1.98. The topological polar surface area (TPSA) is 80.4 Å². The van der Waals surface area contributed by atoms with E-state index in [1.54, 1.807) is 0 Å². The van der Waals surface area contributed by atoms with Crippen LogP contribution in [0.25, 0.3) is 10.1 Å². The molecule has 3 N–H and O–H groups in total. The summed E-state index contributed by atoms with van der Waals surface area (Å²) in [4.78, 5) is 1.39.